The summed E-state index contributed by atoms with van der Waals surface area (Å²) in [4.78, 5) is 4.88. The van der Waals surface area contributed by atoms with Gasteiger partial charge in [0.15, 0.2) is 0 Å². The first-order valence-electron chi connectivity index (χ1n) is 7.85. The zero-order valence-electron chi connectivity index (χ0n) is 13.0. The second kappa shape index (κ2) is 7.77. The van der Waals surface area contributed by atoms with E-state index in [2.05, 4.69) is 54.2 Å². The molecule has 0 spiro atoms. The molecule has 2 unspecified atom stereocenters. The van der Waals surface area contributed by atoms with Gasteiger partial charge in [0.25, 0.3) is 0 Å². The van der Waals surface area contributed by atoms with Gasteiger partial charge in [-0.15, -0.1) is 0 Å². The van der Waals surface area contributed by atoms with E-state index in [4.69, 9.17) is 5.73 Å². The van der Waals surface area contributed by atoms with Crippen LogP contribution in [-0.2, 0) is 6.42 Å². The average molecular weight is 275 g/mol. The molecule has 0 aliphatic carbocycles. The summed E-state index contributed by atoms with van der Waals surface area (Å²) in [5.41, 5.74) is 7.89. The van der Waals surface area contributed by atoms with E-state index in [-0.39, 0.29) is 6.04 Å². The zero-order chi connectivity index (χ0) is 14.4. The predicted molar refractivity (Wildman–Crippen MR) is 85.9 cm³/mol. The van der Waals surface area contributed by atoms with Crippen LogP contribution < -0.4 is 5.73 Å². The highest BCUT2D eigenvalue weighted by atomic mass is 15.2. The van der Waals surface area contributed by atoms with Crippen molar-refractivity contribution in [3.63, 3.8) is 0 Å². The van der Waals surface area contributed by atoms with E-state index in [9.17, 15) is 0 Å². The third-order valence-corrected chi connectivity index (χ3v) is 4.46. The molecule has 0 radical (unpaired) electrons. The van der Waals surface area contributed by atoms with Crippen molar-refractivity contribution in [3.8, 4) is 0 Å². The Morgan fingerprint density at radius 2 is 1.95 bits per heavy atom. The highest BCUT2D eigenvalue weighted by molar-refractivity contribution is 5.14. The van der Waals surface area contributed by atoms with Gasteiger partial charge >= 0.3 is 0 Å². The highest BCUT2D eigenvalue weighted by Gasteiger charge is 2.25. The molecule has 1 aliphatic heterocycles. The molecular formula is C17H29N3. The molecule has 1 saturated heterocycles. The van der Waals surface area contributed by atoms with Gasteiger partial charge in [-0.05, 0) is 58.4 Å². The Morgan fingerprint density at radius 1 is 1.20 bits per heavy atom. The molecule has 1 aromatic carbocycles. The van der Waals surface area contributed by atoms with Gasteiger partial charge in [-0.3, -0.25) is 0 Å². The fourth-order valence-corrected chi connectivity index (χ4v) is 3.15. The topological polar surface area (TPSA) is 32.5 Å². The van der Waals surface area contributed by atoms with Gasteiger partial charge in [-0.25, -0.2) is 0 Å². The van der Waals surface area contributed by atoms with Gasteiger partial charge in [0.2, 0.25) is 0 Å². The summed E-state index contributed by atoms with van der Waals surface area (Å²) in [7, 11) is 4.43. The van der Waals surface area contributed by atoms with Crippen LogP contribution >= 0.6 is 0 Å². The van der Waals surface area contributed by atoms with E-state index in [1.165, 1.54) is 31.5 Å². The van der Waals surface area contributed by atoms with Crippen molar-refractivity contribution in [2.75, 3.05) is 33.7 Å². The number of hydrogen-bond acceptors (Lipinski definition) is 3. The van der Waals surface area contributed by atoms with E-state index >= 15 is 0 Å². The minimum Gasteiger partial charge on any atom is -0.326 e. The molecule has 0 saturated carbocycles. The van der Waals surface area contributed by atoms with Crippen molar-refractivity contribution in [1.29, 1.82) is 0 Å². The molecule has 2 atom stereocenters. The zero-order valence-corrected chi connectivity index (χ0v) is 13.0. The van der Waals surface area contributed by atoms with Gasteiger partial charge in [0.05, 0.1) is 0 Å². The normalized spacial score (nSPS) is 23.4. The van der Waals surface area contributed by atoms with Crippen molar-refractivity contribution in [3.05, 3.63) is 35.9 Å². The van der Waals surface area contributed by atoms with Gasteiger partial charge in [0, 0.05) is 18.6 Å². The summed E-state index contributed by atoms with van der Waals surface area (Å²) in [6.45, 7) is 3.46. The summed E-state index contributed by atoms with van der Waals surface area (Å²) in [6.07, 6.45) is 4.68. The van der Waals surface area contributed by atoms with Crippen LogP contribution in [0.25, 0.3) is 0 Å². The third kappa shape index (κ3) is 4.58. The second-order valence-electron chi connectivity index (χ2n) is 6.21. The van der Waals surface area contributed by atoms with Crippen LogP contribution in [0.5, 0.6) is 0 Å². The smallest absolute Gasteiger partial charge is 0.0371 e. The summed E-state index contributed by atoms with van der Waals surface area (Å²) in [5, 5.41) is 0. The van der Waals surface area contributed by atoms with Crippen LogP contribution in [0.2, 0.25) is 0 Å². The molecular weight excluding hydrogens is 246 g/mol. The van der Waals surface area contributed by atoms with Crippen molar-refractivity contribution >= 4 is 0 Å². The largest absolute Gasteiger partial charge is 0.326 e. The van der Waals surface area contributed by atoms with E-state index in [1.807, 2.05) is 0 Å². The van der Waals surface area contributed by atoms with Crippen LogP contribution in [0, 0.1) is 0 Å². The molecule has 3 nitrogen and oxygen atoms in total. The summed E-state index contributed by atoms with van der Waals surface area (Å²) >= 11 is 0. The number of benzene rings is 1. The summed E-state index contributed by atoms with van der Waals surface area (Å²) in [6, 6.07) is 11.5. The first kappa shape index (κ1) is 15.5. The fourth-order valence-electron chi connectivity index (χ4n) is 3.15. The lowest BCUT2D eigenvalue weighted by Gasteiger charge is -2.32. The highest BCUT2D eigenvalue weighted by Crippen LogP contribution is 2.14. The van der Waals surface area contributed by atoms with Crippen molar-refractivity contribution in [1.82, 2.24) is 9.80 Å². The van der Waals surface area contributed by atoms with Crippen molar-refractivity contribution in [2.24, 2.45) is 5.73 Å². The Kier molecular flexibility index (Phi) is 6.02. The van der Waals surface area contributed by atoms with E-state index < -0.39 is 0 Å². The SMILES string of the molecule is CN1CCCN(C)C(C(N)CCCc2ccccc2)C1. The molecule has 2 rings (SSSR count). The molecule has 1 heterocycles. The minimum atomic E-state index is 0.282. The lowest BCUT2D eigenvalue weighted by atomic mass is 9.99. The molecule has 3 heteroatoms. The molecule has 0 aromatic heterocycles. The molecule has 112 valence electrons. The maximum absolute atomic E-state index is 6.47. The molecule has 0 bridgehead atoms. The Labute approximate surface area is 123 Å². The number of aryl methyl sites for hydroxylation is 1. The lowest BCUT2D eigenvalue weighted by Crippen LogP contribution is -2.50. The van der Waals surface area contributed by atoms with Crippen LogP contribution in [0.4, 0.5) is 0 Å². The fraction of sp³-hybridized carbons (Fsp3) is 0.647. The monoisotopic (exact) mass is 275 g/mol. The minimum absolute atomic E-state index is 0.282. The van der Waals surface area contributed by atoms with Gasteiger partial charge in [-0.2, -0.15) is 0 Å². The number of nitrogens with two attached hydrogens (primary N) is 1. The van der Waals surface area contributed by atoms with Gasteiger partial charge < -0.3 is 15.5 Å². The van der Waals surface area contributed by atoms with E-state index in [0.29, 0.717) is 6.04 Å². The van der Waals surface area contributed by atoms with Crippen LogP contribution in [-0.4, -0.2) is 55.6 Å². The maximum Gasteiger partial charge on any atom is 0.0371 e. The Morgan fingerprint density at radius 3 is 2.70 bits per heavy atom. The predicted octanol–water partition coefficient (Wildman–Crippen LogP) is 1.97. The average Bonchev–Trinajstić information content (AvgIpc) is 2.61. The molecule has 20 heavy (non-hydrogen) atoms. The Balaban J connectivity index is 1.79. The molecule has 1 aliphatic rings. The van der Waals surface area contributed by atoms with Crippen LogP contribution in [0.15, 0.2) is 30.3 Å². The lowest BCUT2D eigenvalue weighted by molar-refractivity contribution is 0.190. The first-order chi connectivity index (χ1) is 9.66. The maximum atomic E-state index is 6.47. The van der Waals surface area contributed by atoms with Crippen molar-refractivity contribution in [2.45, 2.75) is 37.8 Å². The molecule has 0 amide bonds. The number of rotatable bonds is 5. The Bertz CT molecular complexity index is 379. The number of nitrogens with zero attached hydrogens (tertiary/aromatic N) is 2. The van der Waals surface area contributed by atoms with Crippen LogP contribution in [0.1, 0.15) is 24.8 Å². The standard InChI is InChI=1S/C17H29N3/c1-19-12-7-13-20(2)17(14-19)16(18)11-6-10-15-8-4-3-5-9-15/h3-5,8-9,16-17H,6-7,10-14,18H2,1-2H3. The van der Waals surface area contributed by atoms with E-state index in [1.54, 1.807) is 0 Å². The number of likely N-dealkylation sites (N-methyl/N-ethyl adjacent to an activating group) is 2. The third-order valence-electron chi connectivity index (χ3n) is 4.46. The van der Waals surface area contributed by atoms with Gasteiger partial charge in [-0.1, -0.05) is 30.3 Å². The second-order valence-corrected chi connectivity index (χ2v) is 6.21. The number of hydrogen-bond donors (Lipinski definition) is 1. The summed E-state index contributed by atoms with van der Waals surface area (Å²) in [5.74, 6) is 0. The van der Waals surface area contributed by atoms with Crippen LogP contribution in [0.3, 0.4) is 0 Å². The molecule has 1 aromatic rings. The summed E-state index contributed by atoms with van der Waals surface area (Å²) < 4.78 is 0. The van der Waals surface area contributed by atoms with Crippen molar-refractivity contribution < 1.29 is 0 Å². The molecule has 1 fully saturated rings. The van der Waals surface area contributed by atoms with Gasteiger partial charge in [0.1, 0.15) is 0 Å². The Hall–Kier alpha value is -0.900. The molecule has 2 N–H and O–H groups in total. The quantitative estimate of drug-likeness (QED) is 0.892. The first-order valence-corrected chi connectivity index (χ1v) is 7.85. The van der Waals surface area contributed by atoms with E-state index in [0.717, 1.165) is 19.4 Å².